The van der Waals surface area contributed by atoms with Crippen molar-refractivity contribution in [1.29, 1.82) is 0 Å². The van der Waals surface area contributed by atoms with Gasteiger partial charge in [-0.1, -0.05) is 19.1 Å². The van der Waals surface area contributed by atoms with Gasteiger partial charge in [0.05, 0.1) is 23.6 Å². The highest BCUT2D eigenvalue weighted by atomic mass is 19.1. The van der Waals surface area contributed by atoms with E-state index in [1.165, 1.54) is 0 Å². The molecule has 11 heteroatoms. The maximum Gasteiger partial charge on any atom is 0.452 e. The molecule has 1 amide bonds. The van der Waals surface area contributed by atoms with E-state index in [4.69, 9.17) is 14.2 Å². The first-order valence-electron chi connectivity index (χ1n) is 12.8. The van der Waals surface area contributed by atoms with Gasteiger partial charge in [0, 0.05) is 18.6 Å². The molecule has 0 radical (unpaired) electrons. The number of hydrogen-bond acceptors (Lipinski definition) is 7. The van der Waals surface area contributed by atoms with Crippen molar-refractivity contribution in [3.05, 3.63) is 42.4 Å². The van der Waals surface area contributed by atoms with Gasteiger partial charge < -0.3 is 29.6 Å². The minimum Gasteiger partial charge on any atom is -0.444 e. The monoisotopic (exact) mass is 519 g/mol. The van der Waals surface area contributed by atoms with Gasteiger partial charge in [-0.15, -0.1) is 11.7 Å². The number of fused-ring (bicyclic) bond motifs is 1. The van der Waals surface area contributed by atoms with E-state index in [2.05, 4.69) is 17.0 Å². The van der Waals surface area contributed by atoms with E-state index in [-0.39, 0.29) is 25.7 Å². The molecule has 0 aliphatic carbocycles. The number of aromatic nitrogens is 2. The predicted octanol–water partition coefficient (Wildman–Crippen LogP) is 4.09. The molecule has 2 unspecified atom stereocenters. The zero-order valence-corrected chi connectivity index (χ0v) is 22.2. The number of benzene rings is 1. The van der Waals surface area contributed by atoms with Crippen LogP contribution in [0.15, 0.2) is 30.9 Å². The summed E-state index contributed by atoms with van der Waals surface area (Å²) in [6.45, 7) is 12.0. The van der Waals surface area contributed by atoms with Gasteiger partial charge in [0.25, 0.3) is 0 Å². The number of carbonyl (C=O) groups excluding carboxylic acids is 1. The minimum absolute atomic E-state index is 0.0575. The second kappa shape index (κ2) is 12.4. The quantitative estimate of drug-likeness (QED) is 0.233. The van der Waals surface area contributed by atoms with Crippen molar-refractivity contribution >= 4 is 24.1 Å². The van der Waals surface area contributed by atoms with Gasteiger partial charge in [0.1, 0.15) is 5.60 Å². The first-order valence-corrected chi connectivity index (χ1v) is 12.8. The van der Waals surface area contributed by atoms with E-state index in [0.717, 1.165) is 19.3 Å². The average molecular weight is 519 g/mol. The number of halogens is 1. The van der Waals surface area contributed by atoms with Gasteiger partial charge in [-0.05, 0) is 70.5 Å². The number of amides is 1. The van der Waals surface area contributed by atoms with Crippen molar-refractivity contribution in [1.82, 2.24) is 15.1 Å². The van der Waals surface area contributed by atoms with Crippen molar-refractivity contribution in [3.63, 3.8) is 0 Å². The Balaban J connectivity index is 1.84. The third kappa shape index (κ3) is 7.53. The van der Waals surface area contributed by atoms with Crippen molar-refractivity contribution in [2.75, 3.05) is 19.8 Å². The first kappa shape index (κ1) is 29.1. The highest BCUT2D eigenvalue weighted by Gasteiger charge is 2.40. The van der Waals surface area contributed by atoms with Crippen LogP contribution >= 0.6 is 0 Å². The van der Waals surface area contributed by atoms with E-state index in [1.54, 1.807) is 43.7 Å². The summed E-state index contributed by atoms with van der Waals surface area (Å²) >= 11 is 0. The largest absolute Gasteiger partial charge is 0.452 e. The highest BCUT2D eigenvalue weighted by molar-refractivity contribution is 6.41. The van der Waals surface area contributed by atoms with Crippen LogP contribution in [-0.4, -0.2) is 64.5 Å². The Morgan fingerprint density at radius 1 is 1.38 bits per heavy atom. The van der Waals surface area contributed by atoms with E-state index in [1.807, 2.05) is 13.0 Å². The van der Waals surface area contributed by atoms with E-state index in [0.29, 0.717) is 29.5 Å². The lowest BCUT2D eigenvalue weighted by atomic mass is 9.62. The van der Waals surface area contributed by atoms with E-state index < -0.39 is 36.3 Å². The molecule has 3 atom stereocenters. The number of nitrogens with zero attached hydrogens (tertiary/aromatic N) is 2. The van der Waals surface area contributed by atoms with Crippen LogP contribution in [0.2, 0.25) is 6.32 Å². The molecule has 2 heterocycles. The molecule has 1 aliphatic rings. The SMILES string of the molecule is C=CC[C@@H](OCCNC(=O)OC(C)(C)C)C(C)(CB(O)O)c1ccc2c(c1)c(F)nn2C1CCCCO1. The molecular weight excluding hydrogens is 480 g/mol. The number of nitrogens with one attached hydrogen (secondary N) is 1. The average Bonchev–Trinajstić information content (AvgIpc) is 3.16. The minimum atomic E-state index is -1.63. The molecule has 0 spiro atoms. The number of carbonyl (C=O) groups is 1. The predicted molar refractivity (Wildman–Crippen MR) is 140 cm³/mol. The van der Waals surface area contributed by atoms with Crippen molar-refractivity contribution in [2.45, 2.75) is 83.0 Å². The molecule has 9 nitrogen and oxygen atoms in total. The van der Waals surface area contributed by atoms with Gasteiger partial charge in [0.15, 0.2) is 6.23 Å². The lowest BCUT2D eigenvalue weighted by molar-refractivity contribution is -0.0375. The summed E-state index contributed by atoms with van der Waals surface area (Å²) in [5.41, 5.74) is -0.249. The first-order chi connectivity index (χ1) is 17.4. The molecule has 3 rings (SSSR count). The zero-order chi connectivity index (χ0) is 27.2. The summed E-state index contributed by atoms with van der Waals surface area (Å²) in [5.74, 6) is -0.610. The standard InChI is InChI=1S/C26H39BFN3O6/c1-6-9-21(35-15-13-29-24(32)37-25(2,3)4)26(5,17-27(33)34)18-11-12-20-19(16-18)23(28)30-31(20)22-10-7-8-14-36-22/h6,11-12,16,21-22,33-34H,1,7-10,13-15,17H2,2-5H3,(H,29,32)/t21-,22?,26?/m1/s1. The summed E-state index contributed by atoms with van der Waals surface area (Å²) in [5, 5.41) is 27.0. The number of hydrogen-bond donors (Lipinski definition) is 3. The van der Waals surface area contributed by atoms with E-state index >= 15 is 0 Å². The van der Waals surface area contributed by atoms with Crippen LogP contribution in [0.1, 0.15) is 65.2 Å². The molecule has 0 saturated carbocycles. The molecule has 2 aromatic rings. The van der Waals surface area contributed by atoms with Gasteiger partial charge in [0.2, 0.25) is 5.95 Å². The van der Waals surface area contributed by atoms with Crippen LogP contribution in [0.4, 0.5) is 9.18 Å². The lowest BCUT2D eigenvalue weighted by Gasteiger charge is -2.38. The third-order valence-electron chi connectivity index (χ3n) is 6.54. The van der Waals surface area contributed by atoms with Gasteiger partial charge >= 0.3 is 13.2 Å². The van der Waals surface area contributed by atoms with Crippen molar-refractivity contribution in [2.24, 2.45) is 0 Å². The van der Waals surface area contributed by atoms with Crippen LogP contribution in [-0.2, 0) is 19.6 Å². The topological polar surface area (TPSA) is 115 Å². The smallest absolute Gasteiger partial charge is 0.444 e. The third-order valence-corrected chi connectivity index (χ3v) is 6.54. The number of rotatable bonds is 11. The molecule has 1 aromatic heterocycles. The second-order valence-electron chi connectivity index (χ2n) is 10.7. The lowest BCUT2D eigenvalue weighted by Crippen LogP contribution is -2.43. The van der Waals surface area contributed by atoms with Gasteiger partial charge in [-0.2, -0.15) is 4.39 Å². The molecule has 204 valence electrons. The normalized spacial score (nSPS) is 18.7. The molecule has 1 aromatic carbocycles. The van der Waals surface area contributed by atoms with Crippen LogP contribution < -0.4 is 5.32 Å². The van der Waals surface area contributed by atoms with Crippen molar-refractivity contribution in [3.8, 4) is 0 Å². The fourth-order valence-electron chi connectivity index (χ4n) is 4.74. The molecule has 1 fully saturated rings. The second-order valence-corrected chi connectivity index (χ2v) is 10.7. The Morgan fingerprint density at radius 2 is 2.14 bits per heavy atom. The fourth-order valence-corrected chi connectivity index (χ4v) is 4.74. The fraction of sp³-hybridized carbons (Fsp3) is 0.615. The van der Waals surface area contributed by atoms with Crippen LogP contribution in [0.25, 0.3) is 10.9 Å². The summed E-state index contributed by atoms with van der Waals surface area (Å²) in [4.78, 5) is 11.9. The molecule has 1 aliphatic heterocycles. The summed E-state index contributed by atoms with van der Waals surface area (Å²) in [6, 6.07) is 5.32. The van der Waals surface area contributed by atoms with Crippen molar-refractivity contribution < 1.29 is 33.4 Å². The van der Waals surface area contributed by atoms with Crippen LogP contribution in [0, 0.1) is 5.95 Å². The Morgan fingerprint density at radius 3 is 2.76 bits per heavy atom. The Hall–Kier alpha value is -2.47. The molecule has 37 heavy (non-hydrogen) atoms. The Bertz CT molecular complexity index is 1070. The molecule has 3 N–H and O–H groups in total. The molecular formula is C26H39BFN3O6. The van der Waals surface area contributed by atoms with Crippen LogP contribution in [0.3, 0.4) is 0 Å². The maximum absolute atomic E-state index is 15.0. The summed E-state index contributed by atoms with van der Waals surface area (Å²) in [6.07, 6.45) is 3.35. The van der Waals surface area contributed by atoms with Gasteiger partial charge in [-0.25, -0.2) is 9.48 Å². The number of alkyl carbamates (subject to hydrolysis) is 1. The summed E-state index contributed by atoms with van der Waals surface area (Å²) in [7, 11) is -1.63. The highest BCUT2D eigenvalue weighted by Crippen LogP contribution is 2.39. The Labute approximate surface area is 218 Å². The van der Waals surface area contributed by atoms with Crippen LogP contribution in [0.5, 0.6) is 0 Å². The Kier molecular flexibility index (Phi) is 9.74. The molecule has 1 saturated heterocycles. The maximum atomic E-state index is 15.0. The van der Waals surface area contributed by atoms with Gasteiger partial charge in [-0.3, -0.25) is 0 Å². The summed E-state index contributed by atoms with van der Waals surface area (Å²) < 4.78 is 33.8. The number of ether oxygens (including phenoxy) is 3. The van der Waals surface area contributed by atoms with E-state index in [9.17, 15) is 19.2 Å². The molecule has 0 bridgehead atoms. The zero-order valence-electron chi connectivity index (χ0n) is 22.2.